The molecule has 0 radical (unpaired) electrons. The zero-order valence-corrected chi connectivity index (χ0v) is 11.7. The van der Waals surface area contributed by atoms with E-state index in [2.05, 4.69) is 21.2 Å². The normalized spacial score (nSPS) is 12.6. The van der Waals surface area contributed by atoms with Crippen LogP contribution in [0.15, 0.2) is 45.7 Å². The van der Waals surface area contributed by atoms with Gasteiger partial charge in [-0.1, -0.05) is 28.9 Å². The molecule has 2 nitrogen and oxygen atoms in total. The Kier molecular flexibility index (Phi) is 4.55. The van der Waals surface area contributed by atoms with Crippen molar-refractivity contribution >= 4 is 15.9 Å². The molecule has 2 rings (SSSR count). The number of hydrogen-bond donors (Lipinski definition) is 1. The molecule has 96 valence electrons. The molecule has 18 heavy (non-hydrogen) atoms. The fourth-order valence-corrected chi connectivity index (χ4v) is 2.27. The second kappa shape index (κ2) is 6.16. The van der Waals surface area contributed by atoms with Gasteiger partial charge >= 0.3 is 0 Å². The van der Waals surface area contributed by atoms with Crippen LogP contribution in [-0.2, 0) is 6.42 Å². The third kappa shape index (κ3) is 3.21. The van der Waals surface area contributed by atoms with E-state index in [1.165, 1.54) is 6.07 Å². The molecule has 1 heterocycles. The van der Waals surface area contributed by atoms with Crippen LogP contribution in [-0.4, -0.2) is 6.54 Å². The molecule has 0 saturated carbocycles. The Morgan fingerprint density at radius 1 is 1.39 bits per heavy atom. The van der Waals surface area contributed by atoms with Gasteiger partial charge in [-0.25, -0.2) is 4.39 Å². The summed E-state index contributed by atoms with van der Waals surface area (Å²) in [5.74, 6) is -0.184. The highest BCUT2D eigenvalue weighted by Gasteiger charge is 2.14. The van der Waals surface area contributed by atoms with Crippen LogP contribution in [0.3, 0.4) is 0 Å². The molecule has 0 aliphatic rings. The molecule has 1 atom stereocenters. The topological polar surface area (TPSA) is 25.2 Å². The molecular weight excluding hydrogens is 297 g/mol. The molecule has 0 aliphatic carbocycles. The van der Waals surface area contributed by atoms with E-state index in [-0.39, 0.29) is 11.9 Å². The maximum Gasteiger partial charge on any atom is 0.127 e. The smallest absolute Gasteiger partial charge is 0.127 e. The Labute approximate surface area is 114 Å². The number of nitrogens with one attached hydrogen (secondary N) is 1. The first-order valence-electron chi connectivity index (χ1n) is 5.90. The Hall–Kier alpha value is -1.13. The summed E-state index contributed by atoms with van der Waals surface area (Å²) in [6, 6.07) is 7.14. The number of furan rings is 1. The maximum atomic E-state index is 13.8. The molecule has 0 bridgehead atoms. The Bertz CT molecular complexity index is 499. The van der Waals surface area contributed by atoms with Crippen molar-refractivity contribution in [1.29, 1.82) is 0 Å². The van der Waals surface area contributed by atoms with Crippen LogP contribution in [0.4, 0.5) is 4.39 Å². The van der Waals surface area contributed by atoms with Crippen molar-refractivity contribution in [2.24, 2.45) is 0 Å². The van der Waals surface area contributed by atoms with Gasteiger partial charge in [0.15, 0.2) is 0 Å². The van der Waals surface area contributed by atoms with Gasteiger partial charge in [-0.2, -0.15) is 0 Å². The first kappa shape index (κ1) is 13.3. The van der Waals surface area contributed by atoms with Gasteiger partial charge in [0.25, 0.3) is 0 Å². The molecule has 1 unspecified atom stereocenters. The van der Waals surface area contributed by atoms with Crippen molar-refractivity contribution < 1.29 is 8.81 Å². The molecule has 2 aromatic rings. The predicted octanol–water partition coefficient (Wildman–Crippen LogP) is 4.07. The van der Waals surface area contributed by atoms with Crippen molar-refractivity contribution in [2.45, 2.75) is 19.4 Å². The van der Waals surface area contributed by atoms with Gasteiger partial charge in [0.2, 0.25) is 0 Å². The summed E-state index contributed by atoms with van der Waals surface area (Å²) in [4.78, 5) is 0. The molecule has 0 fully saturated rings. The van der Waals surface area contributed by atoms with E-state index in [1.54, 1.807) is 12.5 Å². The van der Waals surface area contributed by atoms with Crippen molar-refractivity contribution in [1.82, 2.24) is 5.32 Å². The molecule has 4 heteroatoms. The highest BCUT2D eigenvalue weighted by molar-refractivity contribution is 9.10. The fraction of sp³-hybridized carbons (Fsp3) is 0.286. The number of benzene rings is 1. The van der Waals surface area contributed by atoms with Crippen LogP contribution in [0.5, 0.6) is 0 Å². The van der Waals surface area contributed by atoms with Gasteiger partial charge in [0.05, 0.1) is 12.5 Å². The zero-order chi connectivity index (χ0) is 13.0. The molecular formula is C14H15BrFNO. The average molecular weight is 312 g/mol. The van der Waals surface area contributed by atoms with Crippen LogP contribution in [0.2, 0.25) is 0 Å². The van der Waals surface area contributed by atoms with Gasteiger partial charge < -0.3 is 9.73 Å². The van der Waals surface area contributed by atoms with E-state index in [1.807, 2.05) is 25.1 Å². The minimum Gasteiger partial charge on any atom is -0.472 e. The Morgan fingerprint density at radius 2 is 2.22 bits per heavy atom. The lowest BCUT2D eigenvalue weighted by Crippen LogP contribution is -2.22. The number of halogens is 2. The highest BCUT2D eigenvalue weighted by Crippen LogP contribution is 2.22. The van der Waals surface area contributed by atoms with E-state index >= 15 is 0 Å². The zero-order valence-electron chi connectivity index (χ0n) is 10.1. The van der Waals surface area contributed by atoms with Crippen molar-refractivity contribution in [2.75, 3.05) is 6.54 Å². The van der Waals surface area contributed by atoms with Crippen LogP contribution in [0, 0.1) is 5.82 Å². The lowest BCUT2D eigenvalue weighted by atomic mass is 10.0. The first-order chi connectivity index (χ1) is 8.70. The van der Waals surface area contributed by atoms with E-state index in [4.69, 9.17) is 4.42 Å². The predicted molar refractivity (Wildman–Crippen MR) is 72.9 cm³/mol. The van der Waals surface area contributed by atoms with Gasteiger partial charge in [0.1, 0.15) is 5.82 Å². The molecule has 1 aromatic carbocycles. The minimum absolute atomic E-state index is 0.0735. The molecule has 1 aromatic heterocycles. The van der Waals surface area contributed by atoms with Crippen LogP contribution in [0.25, 0.3) is 0 Å². The number of hydrogen-bond acceptors (Lipinski definition) is 2. The second-order valence-corrected chi connectivity index (χ2v) is 5.02. The summed E-state index contributed by atoms with van der Waals surface area (Å²) in [7, 11) is 0. The third-order valence-electron chi connectivity index (χ3n) is 2.84. The van der Waals surface area contributed by atoms with Crippen molar-refractivity contribution in [3.05, 3.63) is 58.2 Å². The fourth-order valence-electron chi connectivity index (χ4n) is 1.93. The van der Waals surface area contributed by atoms with E-state index in [0.717, 1.165) is 16.6 Å². The highest BCUT2D eigenvalue weighted by atomic mass is 79.9. The molecule has 0 spiro atoms. The van der Waals surface area contributed by atoms with Crippen LogP contribution in [0.1, 0.15) is 24.1 Å². The lowest BCUT2D eigenvalue weighted by Gasteiger charge is -2.16. The summed E-state index contributed by atoms with van der Waals surface area (Å²) >= 11 is 3.26. The summed E-state index contributed by atoms with van der Waals surface area (Å²) in [6.07, 6.45) is 3.94. The van der Waals surface area contributed by atoms with E-state index in [9.17, 15) is 4.39 Å². The SMILES string of the molecule is CCNC(Cc1ccc(Br)cc1F)c1ccoc1. The van der Waals surface area contributed by atoms with Crippen LogP contribution < -0.4 is 5.32 Å². The molecule has 0 aliphatic heterocycles. The lowest BCUT2D eigenvalue weighted by molar-refractivity contribution is 0.512. The Balaban J connectivity index is 2.18. The molecule has 0 amide bonds. The van der Waals surface area contributed by atoms with Gasteiger partial charge in [-0.3, -0.25) is 0 Å². The van der Waals surface area contributed by atoms with E-state index < -0.39 is 0 Å². The number of rotatable bonds is 5. The van der Waals surface area contributed by atoms with Crippen LogP contribution >= 0.6 is 15.9 Å². The quantitative estimate of drug-likeness (QED) is 0.900. The van der Waals surface area contributed by atoms with Crippen molar-refractivity contribution in [3.63, 3.8) is 0 Å². The standard InChI is InChI=1S/C14H15BrFNO/c1-2-17-14(11-5-6-18-9-11)7-10-3-4-12(15)8-13(10)16/h3-6,8-9,14,17H,2,7H2,1H3. The van der Waals surface area contributed by atoms with Crippen molar-refractivity contribution in [3.8, 4) is 0 Å². The average Bonchev–Trinajstić information content (AvgIpc) is 2.85. The Morgan fingerprint density at radius 3 is 2.83 bits per heavy atom. The monoisotopic (exact) mass is 311 g/mol. The van der Waals surface area contributed by atoms with E-state index in [0.29, 0.717) is 12.0 Å². The molecule has 0 saturated heterocycles. The largest absolute Gasteiger partial charge is 0.472 e. The summed E-state index contributed by atoms with van der Waals surface area (Å²) in [5, 5.41) is 3.34. The second-order valence-electron chi connectivity index (χ2n) is 4.11. The first-order valence-corrected chi connectivity index (χ1v) is 6.69. The van der Waals surface area contributed by atoms with Gasteiger partial charge in [-0.05, 0) is 36.7 Å². The van der Waals surface area contributed by atoms with Gasteiger partial charge in [-0.15, -0.1) is 0 Å². The summed E-state index contributed by atoms with van der Waals surface area (Å²) in [5.41, 5.74) is 1.74. The number of likely N-dealkylation sites (N-methyl/N-ethyl adjacent to an activating group) is 1. The maximum absolute atomic E-state index is 13.8. The minimum atomic E-state index is -0.184. The van der Waals surface area contributed by atoms with Gasteiger partial charge in [0, 0.05) is 16.1 Å². The summed E-state index contributed by atoms with van der Waals surface area (Å²) < 4.78 is 19.7. The summed E-state index contributed by atoms with van der Waals surface area (Å²) in [6.45, 7) is 2.86. The third-order valence-corrected chi connectivity index (χ3v) is 3.33. The molecule has 1 N–H and O–H groups in total.